The Morgan fingerprint density at radius 2 is 1.81 bits per heavy atom. The lowest BCUT2D eigenvalue weighted by atomic mass is 10.1. The number of morpholine rings is 1. The summed E-state index contributed by atoms with van der Waals surface area (Å²) in [6.07, 6.45) is 3.36. The van der Waals surface area contributed by atoms with Crippen molar-refractivity contribution < 1.29 is 9.53 Å². The van der Waals surface area contributed by atoms with Gasteiger partial charge in [-0.15, -0.1) is 0 Å². The average molecular weight is 303 g/mol. The molecule has 21 heavy (non-hydrogen) atoms. The van der Waals surface area contributed by atoms with Gasteiger partial charge in [-0.25, -0.2) is 0 Å². The molecule has 1 aromatic carbocycles. The Kier molecular flexibility index (Phi) is 4.18. The highest BCUT2D eigenvalue weighted by Gasteiger charge is 2.19. The third kappa shape index (κ3) is 3.23. The van der Waals surface area contributed by atoms with Crippen molar-refractivity contribution in [3.05, 3.63) is 53.3 Å². The Hall–Kier alpha value is -1.91. The second-order valence-electron chi connectivity index (χ2n) is 4.87. The molecule has 4 nitrogen and oxygen atoms in total. The van der Waals surface area contributed by atoms with E-state index in [4.69, 9.17) is 16.3 Å². The van der Waals surface area contributed by atoms with Gasteiger partial charge in [-0.3, -0.25) is 9.78 Å². The van der Waals surface area contributed by atoms with Crippen LogP contribution in [-0.2, 0) is 4.74 Å². The number of carbonyl (C=O) groups excluding carboxylic acids is 1. The fourth-order valence-electron chi connectivity index (χ4n) is 2.31. The number of halogens is 1. The highest BCUT2D eigenvalue weighted by atomic mass is 35.5. The van der Waals surface area contributed by atoms with Crippen LogP contribution in [0.15, 0.2) is 42.7 Å². The first-order chi connectivity index (χ1) is 10.2. The van der Waals surface area contributed by atoms with E-state index in [0.29, 0.717) is 36.9 Å². The van der Waals surface area contributed by atoms with Gasteiger partial charge in [-0.2, -0.15) is 0 Å². The summed E-state index contributed by atoms with van der Waals surface area (Å²) in [5.74, 6) is 0.00149. The lowest BCUT2D eigenvalue weighted by Crippen LogP contribution is -2.40. The lowest BCUT2D eigenvalue weighted by molar-refractivity contribution is 0.0302. The van der Waals surface area contributed by atoms with Gasteiger partial charge in [-0.1, -0.05) is 23.7 Å². The highest BCUT2D eigenvalue weighted by molar-refractivity contribution is 6.30. The largest absolute Gasteiger partial charge is 0.378 e. The summed E-state index contributed by atoms with van der Waals surface area (Å²) in [5.41, 5.74) is 2.50. The van der Waals surface area contributed by atoms with Crippen molar-refractivity contribution in [2.45, 2.75) is 0 Å². The van der Waals surface area contributed by atoms with E-state index >= 15 is 0 Å². The molecule has 1 aliphatic rings. The molecule has 1 aromatic heterocycles. The Morgan fingerprint density at radius 1 is 1.10 bits per heavy atom. The maximum atomic E-state index is 12.4. The minimum absolute atomic E-state index is 0.00149. The minimum atomic E-state index is 0.00149. The van der Waals surface area contributed by atoms with E-state index in [1.165, 1.54) is 0 Å². The fourth-order valence-corrected chi connectivity index (χ4v) is 2.43. The van der Waals surface area contributed by atoms with Crippen LogP contribution < -0.4 is 0 Å². The zero-order valence-electron chi connectivity index (χ0n) is 11.5. The van der Waals surface area contributed by atoms with Gasteiger partial charge in [0, 0.05) is 36.1 Å². The Morgan fingerprint density at radius 3 is 2.52 bits per heavy atom. The molecule has 1 amide bonds. The van der Waals surface area contributed by atoms with Crippen LogP contribution in [0.2, 0.25) is 5.02 Å². The van der Waals surface area contributed by atoms with Crippen LogP contribution in [0.3, 0.4) is 0 Å². The molecule has 0 unspecified atom stereocenters. The quantitative estimate of drug-likeness (QED) is 0.856. The summed E-state index contributed by atoms with van der Waals surface area (Å²) in [6, 6.07) is 9.36. The second-order valence-corrected chi connectivity index (χ2v) is 5.31. The van der Waals surface area contributed by atoms with Crippen molar-refractivity contribution in [1.29, 1.82) is 0 Å². The number of hydrogen-bond acceptors (Lipinski definition) is 3. The predicted octanol–water partition coefficient (Wildman–Crippen LogP) is 2.87. The maximum absolute atomic E-state index is 12.4. The van der Waals surface area contributed by atoms with Crippen LogP contribution in [0.25, 0.3) is 11.1 Å². The van der Waals surface area contributed by atoms with Crippen LogP contribution in [0.4, 0.5) is 0 Å². The number of carbonyl (C=O) groups is 1. The van der Waals surface area contributed by atoms with Crippen molar-refractivity contribution in [3.8, 4) is 11.1 Å². The van der Waals surface area contributed by atoms with Gasteiger partial charge in [0.2, 0.25) is 0 Å². The van der Waals surface area contributed by atoms with E-state index in [-0.39, 0.29) is 5.91 Å². The van der Waals surface area contributed by atoms with Gasteiger partial charge in [0.25, 0.3) is 5.91 Å². The van der Waals surface area contributed by atoms with Crippen LogP contribution >= 0.6 is 11.6 Å². The van der Waals surface area contributed by atoms with Gasteiger partial charge >= 0.3 is 0 Å². The standard InChI is InChI=1S/C16H15ClN2O2/c17-15-3-1-12(2-4-15)13-9-14(11-18-10-13)16(20)19-5-7-21-8-6-19/h1-4,9-11H,5-8H2. The van der Waals surface area contributed by atoms with E-state index in [9.17, 15) is 4.79 Å². The number of aromatic nitrogens is 1. The highest BCUT2D eigenvalue weighted by Crippen LogP contribution is 2.22. The van der Waals surface area contributed by atoms with E-state index in [2.05, 4.69) is 4.98 Å². The summed E-state index contributed by atoms with van der Waals surface area (Å²) in [7, 11) is 0. The molecule has 1 fully saturated rings. The Labute approximate surface area is 128 Å². The number of nitrogens with zero attached hydrogens (tertiary/aromatic N) is 2. The molecule has 0 aliphatic carbocycles. The number of pyridine rings is 1. The average Bonchev–Trinajstić information content (AvgIpc) is 2.56. The van der Waals surface area contributed by atoms with Crippen LogP contribution in [0.1, 0.15) is 10.4 Å². The summed E-state index contributed by atoms with van der Waals surface area (Å²) in [4.78, 5) is 18.4. The van der Waals surface area contributed by atoms with E-state index in [0.717, 1.165) is 11.1 Å². The third-order valence-electron chi connectivity index (χ3n) is 3.46. The monoisotopic (exact) mass is 302 g/mol. The first-order valence-electron chi connectivity index (χ1n) is 6.82. The molecule has 2 heterocycles. The number of amides is 1. The van der Waals surface area contributed by atoms with Gasteiger partial charge in [0.05, 0.1) is 18.8 Å². The van der Waals surface area contributed by atoms with Crippen LogP contribution in [-0.4, -0.2) is 42.1 Å². The van der Waals surface area contributed by atoms with Gasteiger partial charge < -0.3 is 9.64 Å². The normalized spacial score (nSPS) is 15.0. The van der Waals surface area contributed by atoms with E-state index in [1.807, 2.05) is 30.3 Å². The maximum Gasteiger partial charge on any atom is 0.255 e. The molecule has 0 radical (unpaired) electrons. The van der Waals surface area contributed by atoms with Crippen molar-refractivity contribution >= 4 is 17.5 Å². The molecule has 1 saturated heterocycles. The lowest BCUT2D eigenvalue weighted by Gasteiger charge is -2.26. The molecule has 1 aliphatic heterocycles. The molecular formula is C16H15ClN2O2. The summed E-state index contributed by atoms with van der Waals surface area (Å²) in [6.45, 7) is 2.44. The zero-order chi connectivity index (χ0) is 14.7. The summed E-state index contributed by atoms with van der Waals surface area (Å²) >= 11 is 5.89. The molecular weight excluding hydrogens is 288 g/mol. The fraction of sp³-hybridized carbons (Fsp3) is 0.250. The zero-order valence-corrected chi connectivity index (χ0v) is 12.2. The van der Waals surface area contributed by atoms with Gasteiger partial charge in [-0.05, 0) is 23.8 Å². The summed E-state index contributed by atoms with van der Waals surface area (Å²) in [5, 5.41) is 0.687. The Balaban J connectivity index is 1.85. The van der Waals surface area contributed by atoms with Crippen LogP contribution in [0.5, 0.6) is 0 Å². The number of hydrogen-bond donors (Lipinski definition) is 0. The second kappa shape index (κ2) is 6.24. The molecule has 5 heteroatoms. The van der Waals surface area contributed by atoms with Crippen molar-refractivity contribution in [1.82, 2.24) is 9.88 Å². The molecule has 108 valence electrons. The van der Waals surface area contributed by atoms with Crippen LogP contribution in [0, 0.1) is 0 Å². The number of rotatable bonds is 2. The SMILES string of the molecule is O=C(c1cncc(-c2ccc(Cl)cc2)c1)N1CCOCC1. The summed E-state index contributed by atoms with van der Waals surface area (Å²) < 4.78 is 5.27. The van der Waals surface area contributed by atoms with Crippen molar-refractivity contribution in [2.24, 2.45) is 0 Å². The Bertz CT molecular complexity index is 637. The molecule has 2 aromatic rings. The van der Waals surface area contributed by atoms with E-state index in [1.54, 1.807) is 17.3 Å². The van der Waals surface area contributed by atoms with Crippen molar-refractivity contribution in [2.75, 3.05) is 26.3 Å². The first kappa shape index (κ1) is 14.0. The molecule has 0 spiro atoms. The molecule has 0 bridgehead atoms. The number of ether oxygens (including phenoxy) is 1. The topological polar surface area (TPSA) is 42.4 Å². The molecule has 0 atom stereocenters. The molecule has 0 saturated carbocycles. The predicted molar refractivity (Wildman–Crippen MR) is 81.4 cm³/mol. The molecule has 3 rings (SSSR count). The first-order valence-corrected chi connectivity index (χ1v) is 7.20. The van der Waals surface area contributed by atoms with Crippen molar-refractivity contribution in [3.63, 3.8) is 0 Å². The molecule has 0 N–H and O–H groups in total. The van der Waals surface area contributed by atoms with Gasteiger partial charge in [0.1, 0.15) is 0 Å². The van der Waals surface area contributed by atoms with E-state index < -0.39 is 0 Å². The number of benzene rings is 1. The third-order valence-corrected chi connectivity index (χ3v) is 3.71. The van der Waals surface area contributed by atoms with Gasteiger partial charge in [0.15, 0.2) is 0 Å². The minimum Gasteiger partial charge on any atom is -0.378 e. The smallest absolute Gasteiger partial charge is 0.255 e.